The smallest absolute Gasteiger partial charge is 0.337 e. The standard InChI is InChI=1S/C16H17NO2/c1-10-12-5-3-4-6-14(12)17-15-8-7-11(9-13(10)15)16(18)19-2/h7-9H,3-6H2,1-2H3. The third-order valence-electron chi connectivity index (χ3n) is 3.97. The molecule has 1 aromatic carbocycles. The maximum absolute atomic E-state index is 11.6. The normalized spacial score (nSPS) is 14.2. The monoisotopic (exact) mass is 255 g/mol. The summed E-state index contributed by atoms with van der Waals surface area (Å²) in [4.78, 5) is 16.4. The van der Waals surface area contributed by atoms with E-state index in [0.29, 0.717) is 5.56 Å². The summed E-state index contributed by atoms with van der Waals surface area (Å²) in [5.41, 5.74) is 5.45. The van der Waals surface area contributed by atoms with Crippen molar-refractivity contribution in [3.05, 3.63) is 40.6 Å². The molecule has 2 aromatic rings. The van der Waals surface area contributed by atoms with E-state index in [-0.39, 0.29) is 5.97 Å². The zero-order valence-electron chi connectivity index (χ0n) is 11.3. The van der Waals surface area contributed by atoms with Crippen molar-refractivity contribution in [3.63, 3.8) is 0 Å². The van der Waals surface area contributed by atoms with Crippen molar-refractivity contribution in [2.45, 2.75) is 32.6 Å². The first-order valence-electron chi connectivity index (χ1n) is 6.71. The topological polar surface area (TPSA) is 39.2 Å². The van der Waals surface area contributed by atoms with Gasteiger partial charge >= 0.3 is 5.97 Å². The number of esters is 1. The third kappa shape index (κ3) is 1.99. The van der Waals surface area contributed by atoms with E-state index in [0.717, 1.165) is 23.7 Å². The van der Waals surface area contributed by atoms with Gasteiger partial charge in [0.15, 0.2) is 0 Å². The summed E-state index contributed by atoms with van der Waals surface area (Å²) in [6.45, 7) is 2.13. The van der Waals surface area contributed by atoms with Crippen molar-refractivity contribution in [2.24, 2.45) is 0 Å². The zero-order valence-corrected chi connectivity index (χ0v) is 11.3. The van der Waals surface area contributed by atoms with Gasteiger partial charge in [-0.05, 0) is 61.9 Å². The highest BCUT2D eigenvalue weighted by Gasteiger charge is 2.16. The molecule has 0 bridgehead atoms. The number of aryl methyl sites for hydroxylation is 2. The van der Waals surface area contributed by atoms with Gasteiger partial charge in [0.1, 0.15) is 0 Å². The number of pyridine rings is 1. The second kappa shape index (κ2) is 4.65. The molecule has 1 aliphatic carbocycles. The van der Waals surface area contributed by atoms with Crippen molar-refractivity contribution >= 4 is 16.9 Å². The predicted molar refractivity (Wildman–Crippen MR) is 74.5 cm³/mol. The van der Waals surface area contributed by atoms with Gasteiger partial charge in [0.25, 0.3) is 0 Å². The average Bonchev–Trinajstić information content (AvgIpc) is 2.46. The summed E-state index contributed by atoms with van der Waals surface area (Å²) in [7, 11) is 1.41. The molecule has 1 aliphatic rings. The quantitative estimate of drug-likeness (QED) is 0.734. The van der Waals surface area contributed by atoms with Crippen LogP contribution in [0.2, 0.25) is 0 Å². The average molecular weight is 255 g/mol. The van der Waals surface area contributed by atoms with Gasteiger partial charge in [-0.2, -0.15) is 0 Å². The Bertz CT molecular complexity index is 661. The van der Waals surface area contributed by atoms with E-state index in [1.165, 1.54) is 36.8 Å². The molecule has 0 radical (unpaired) electrons. The van der Waals surface area contributed by atoms with Gasteiger partial charge in [0, 0.05) is 11.1 Å². The lowest BCUT2D eigenvalue weighted by Crippen LogP contribution is -2.09. The summed E-state index contributed by atoms with van der Waals surface area (Å²) in [6.07, 6.45) is 4.64. The molecule has 19 heavy (non-hydrogen) atoms. The molecule has 0 amide bonds. The van der Waals surface area contributed by atoms with Gasteiger partial charge in [0.05, 0.1) is 18.2 Å². The second-order valence-corrected chi connectivity index (χ2v) is 5.09. The van der Waals surface area contributed by atoms with Crippen molar-refractivity contribution in [2.75, 3.05) is 7.11 Å². The number of rotatable bonds is 1. The molecule has 0 N–H and O–H groups in total. The van der Waals surface area contributed by atoms with Gasteiger partial charge < -0.3 is 4.74 Å². The number of nitrogens with zero attached hydrogens (tertiary/aromatic N) is 1. The highest BCUT2D eigenvalue weighted by atomic mass is 16.5. The molecule has 0 aliphatic heterocycles. The molecule has 3 nitrogen and oxygen atoms in total. The van der Waals surface area contributed by atoms with E-state index < -0.39 is 0 Å². The third-order valence-corrected chi connectivity index (χ3v) is 3.97. The van der Waals surface area contributed by atoms with Crippen LogP contribution in [-0.4, -0.2) is 18.1 Å². The minimum Gasteiger partial charge on any atom is -0.465 e. The van der Waals surface area contributed by atoms with E-state index in [2.05, 4.69) is 6.92 Å². The minimum absolute atomic E-state index is 0.293. The molecule has 1 heterocycles. The van der Waals surface area contributed by atoms with Crippen molar-refractivity contribution in [1.82, 2.24) is 4.98 Å². The van der Waals surface area contributed by atoms with Crippen LogP contribution in [0.3, 0.4) is 0 Å². The van der Waals surface area contributed by atoms with Gasteiger partial charge in [-0.1, -0.05) is 0 Å². The van der Waals surface area contributed by atoms with Crippen LogP contribution in [0.15, 0.2) is 18.2 Å². The van der Waals surface area contributed by atoms with Gasteiger partial charge in [-0.3, -0.25) is 4.98 Å². The van der Waals surface area contributed by atoms with Crippen LogP contribution in [0, 0.1) is 6.92 Å². The molecule has 0 spiro atoms. The number of hydrogen-bond acceptors (Lipinski definition) is 3. The van der Waals surface area contributed by atoms with Crippen molar-refractivity contribution < 1.29 is 9.53 Å². The molecule has 0 fully saturated rings. The summed E-state index contributed by atoms with van der Waals surface area (Å²) >= 11 is 0. The molecular formula is C16H17NO2. The number of fused-ring (bicyclic) bond motifs is 2. The SMILES string of the molecule is COC(=O)c1ccc2nc3c(c(C)c2c1)CCCC3. The number of ether oxygens (including phenoxy) is 1. The Morgan fingerprint density at radius 3 is 2.84 bits per heavy atom. The summed E-state index contributed by atoms with van der Waals surface area (Å²) in [5, 5.41) is 1.07. The highest BCUT2D eigenvalue weighted by molar-refractivity contribution is 5.95. The van der Waals surface area contributed by atoms with E-state index in [9.17, 15) is 4.79 Å². The number of methoxy groups -OCH3 is 1. The van der Waals surface area contributed by atoms with Gasteiger partial charge in [-0.15, -0.1) is 0 Å². The van der Waals surface area contributed by atoms with Crippen molar-refractivity contribution in [1.29, 1.82) is 0 Å². The Morgan fingerprint density at radius 2 is 2.05 bits per heavy atom. The lowest BCUT2D eigenvalue weighted by atomic mass is 9.90. The summed E-state index contributed by atoms with van der Waals surface area (Å²) in [6, 6.07) is 5.61. The summed E-state index contributed by atoms with van der Waals surface area (Å²) < 4.78 is 4.78. The largest absolute Gasteiger partial charge is 0.465 e. The van der Waals surface area contributed by atoms with E-state index in [1.54, 1.807) is 6.07 Å². The molecule has 0 unspecified atom stereocenters. The minimum atomic E-state index is -0.293. The Kier molecular flexibility index (Phi) is 2.97. The lowest BCUT2D eigenvalue weighted by molar-refractivity contribution is 0.0601. The number of benzene rings is 1. The van der Waals surface area contributed by atoms with Gasteiger partial charge in [-0.25, -0.2) is 4.79 Å². The van der Waals surface area contributed by atoms with Crippen molar-refractivity contribution in [3.8, 4) is 0 Å². The Labute approximate surface area is 112 Å². The molecule has 0 saturated heterocycles. The number of carbonyl (C=O) groups excluding carboxylic acids is 1. The highest BCUT2D eigenvalue weighted by Crippen LogP contribution is 2.29. The molecule has 1 aromatic heterocycles. The fourth-order valence-corrected chi connectivity index (χ4v) is 2.90. The number of aromatic nitrogens is 1. The Balaban J connectivity index is 2.22. The molecule has 0 saturated carbocycles. The Morgan fingerprint density at radius 1 is 1.26 bits per heavy atom. The predicted octanol–water partition coefficient (Wildman–Crippen LogP) is 3.21. The van der Waals surface area contributed by atoms with Crippen LogP contribution in [0.4, 0.5) is 0 Å². The van der Waals surface area contributed by atoms with Crippen LogP contribution in [-0.2, 0) is 17.6 Å². The first kappa shape index (κ1) is 12.2. The van der Waals surface area contributed by atoms with Crippen LogP contribution in [0.5, 0.6) is 0 Å². The molecular weight excluding hydrogens is 238 g/mol. The maximum atomic E-state index is 11.6. The fourth-order valence-electron chi connectivity index (χ4n) is 2.90. The van der Waals surface area contributed by atoms with Crippen LogP contribution >= 0.6 is 0 Å². The Hall–Kier alpha value is -1.90. The van der Waals surface area contributed by atoms with E-state index in [1.807, 2.05) is 12.1 Å². The number of hydrogen-bond donors (Lipinski definition) is 0. The van der Waals surface area contributed by atoms with Crippen LogP contribution in [0.25, 0.3) is 10.9 Å². The van der Waals surface area contributed by atoms with E-state index in [4.69, 9.17) is 9.72 Å². The molecule has 0 atom stereocenters. The maximum Gasteiger partial charge on any atom is 0.337 e. The molecule has 3 rings (SSSR count). The number of carbonyl (C=O) groups is 1. The van der Waals surface area contributed by atoms with Crippen LogP contribution in [0.1, 0.15) is 40.0 Å². The summed E-state index contributed by atoms with van der Waals surface area (Å²) in [5.74, 6) is -0.293. The van der Waals surface area contributed by atoms with E-state index >= 15 is 0 Å². The molecule has 3 heteroatoms. The second-order valence-electron chi connectivity index (χ2n) is 5.09. The molecule has 98 valence electrons. The zero-order chi connectivity index (χ0) is 13.4. The lowest BCUT2D eigenvalue weighted by Gasteiger charge is -2.19. The van der Waals surface area contributed by atoms with Gasteiger partial charge in [0.2, 0.25) is 0 Å². The van der Waals surface area contributed by atoms with Crippen LogP contribution < -0.4 is 0 Å². The fraction of sp³-hybridized carbons (Fsp3) is 0.375. The first-order valence-corrected chi connectivity index (χ1v) is 6.71. The first-order chi connectivity index (χ1) is 9.20.